The number of hydrogen-bond acceptors (Lipinski definition) is 1. The molecule has 1 heteroatoms. The van der Waals surface area contributed by atoms with Gasteiger partial charge in [0, 0.05) is 19.8 Å². The van der Waals surface area contributed by atoms with E-state index in [1.54, 1.807) is 11.1 Å². The van der Waals surface area contributed by atoms with Crippen LogP contribution >= 0.6 is 0 Å². The third kappa shape index (κ3) is 9.35. The normalized spacial score (nSPS) is 22.7. The van der Waals surface area contributed by atoms with Crippen molar-refractivity contribution in [3.05, 3.63) is 83.1 Å². The minimum atomic E-state index is 0.501. The number of likely N-dealkylation sites (N-methyl/N-ethyl adjacent to an activating group) is 1. The van der Waals surface area contributed by atoms with Gasteiger partial charge in [-0.05, 0) is 98.7 Å². The third-order valence-electron chi connectivity index (χ3n) is 8.80. The molecule has 0 amide bonds. The molecule has 2 aliphatic carbocycles. The van der Waals surface area contributed by atoms with Crippen LogP contribution in [0.2, 0.25) is 0 Å². The first-order valence-corrected chi connectivity index (χ1v) is 15.4. The number of benzene rings is 1. The topological polar surface area (TPSA) is 3.24 Å². The van der Waals surface area contributed by atoms with Gasteiger partial charge in [-0.1, -0.05) is 100 Å². The van der Waals surface area contributed by atoms with Crippen molar-refractivity contribution in [2.24, 2.45) is 17.8 Å². The Balaban J connectivity index is 1.62. The summed E-state index contributed by atoms with van der Waals surface area (Å²) in [7, 11) is 4.45. The van der Waals surface area contributed by atoms with Crippen LogP contribution in [0, 0.1) is 17.8 Å². The lowest BCUT2D eigenvalue weighted by Crippen LogP contribution is -2.15. The standard InChI is InChI=1S/C36H55N/c1-7-10-15-35-34(23-22-29(9-3)27-36(35)37(5)6)26-31-14-11-13-30(16-17-31)25-33-20-18-32(19-21-33)24-28(4)12-8-2/h9,18-21,27,29-31H,3-4,7-8,10-17,22-26H2,1-2,5-6H3. The van der Waals surface area contributed by atoms with Gasteiger partial charge in [0.15, 0.2) is 0 Å². The van der Waals surface area contributed by atoms with E-state index in [0.717, 1.165) is 24.7 Å². The van der Waals surface area contributed by atoms with Crippen LogP contribution < -0.4 is 0 Å². The summed E-state index contributed by atoms with van der Waals surface area (Å²) < 4.78 is 0. The predicted molar refractivity (Wildman–Crippen MR) is 164 cm³/mol. The van der Waals surface area contributed by atoms with Crippen LogP contribution in [0.1, 0.15) is 108 Å². The zero-order valence-corrected chi connectivity index (χ0v) is 24.7. The first-order valence-electron chi connectivity index (χ1n) is 15.4. The second kappa shape index (κ2) is 15.4. The molecule has 37 heavy (non-hydrogen) atoms. The Morgan fingerprint density at radius 1 is 0.919 bits per heavy atom. The van der Waals surface area contributed by atoms with Crippen molar-refractivity contribution in [1.82, 2.24) is 4.90 Å². The summed E-state index contributed by atoms with van der Waals surface area (Å²) in [5, 5.41) is 0. The van der Waals surface area contributed by atoms with Gasteiger partial charge in [0.05, 0.1) is 0 Å². The molecule has 0 N–H and O–H groups in total. The first-order chi connectivity index (χ1) is 17.9. The molecule has 0 spiro atoms. The van der Waals surface area contributed by atoms with Crippen molar-refractivity contribution in [2.75, 3.05) is 14.1 Å². The average molecular weight is 502 g/mol. The molecule has 1 aromatic carbocycles. The fourth-order valence-electron chi connectivity index (χ4n) is 6.62. The van der Waals surface area contributed by atoms with Crippen LogP contribution in [0.25, 0.3) is 0 Å². The average Bonchev–Trinajstić information content (AvgIpc) is 3.20. The molecule has 1 aromatic rings. The summed E-state index contributed by atoms with van der Waals surface area (Å²) in [5.41, 5.74) is 9.21. The largest absolute Gasteiger partial charge is 0.378 e. The fourth-order valence-corrected chi connectivity index (χ4v) is 6.62. The van der Waals surface area contributed by atoms with E-state index in [-0.39, 0.29) is 0 Å². The summed E-state index contributed by atoms with van der Waals surface area (Å²) in [5.74, 6) is 2.20. The van der Waals surface area contributed by atoms with Crippen LogP contribution in [0.3, 0.4) is 0 Å². The van der Waals surface area contributed by atoms with Gasteiger partial charge >= 0.3 is 0 Å². The first kappa shape index (κ1) is 29.5. The lowest BCUT2D eigenvalue weighted by Gasteiger charge is -2.25. The van der Waals surface area contributed by atoms with E-state index in [1.807, 2.05) is 0 Å². The van der Waals surface area contributed by atoms with Gasteiger partial charge in [-0.2, -0.15) is 0 Å². The molecule has 0 bridgehead atoms. The maximum absolute atomic E-state index is 4.25. The van der Waals surface area contributed by atoms with Crippen molar-refractivity contribution in [3.8, 4) is 0 Å². The Hall–Kier alpha value is -2.02. The third-order valence-corrected chi connectivity index (χ3v) is 8.80. The van der Waals surface area contributed by atoms with Gasteiger partial charge in [-0.15, -0.1) is 6.58 Å². The summed E-state index contributed by atoms with van der Waals surface area (Å²) >= 11 is 0. The Morgan fingerprint density at radius 2 is 1.59 bits per heavy atom. The molecule has 204 valence electrons. The molecule has 0 aliphatic heterocycles. The molecule has 3 rings (SSSR count). The van der Waals surface area contributed by atoms with E-state index < -0.39 is 0 Å². The summed E-state index contributed by atoms with van der Waals surface area (Å²) in [4.78, 5) is 2.36. The Kier molecular flexibility index (Phi) is 12.3. The number of unbranched alkanes of at least 4 members (excludes halogenated alkanes) is 1. The SMILES string of the molecule is C=CC1C=C(N(C)C)C(CCCC)=C(CC2CCCC(Cc3ccc(CC(=C)CCC)cc3)CC2)CC1. The summed E-state index contributed by atoms with van der Waals surface area (Å²) in [6.45, 7) is 12.9. The van der Waals surface area contributed by atoms with E-state index in [2.05, 4.69) is 82.4 Å². The Morgan fingerprint density at radius 3 is 2.22 bits per heavy atom. The van der Waals surface area contributed by atoms with E-state index in [4.69, 9.17) is 0 Å². The van der Waals surface area contributed by atoms with Gasteiger partial charge in [0.2, 0.25) is 0 Å². The van der Waals surface area contributed by atoms with Crippen LogP contribution in [-0.4, -0.2) is 19.0 Å². The van der Waals surface area contributed by atoms with E-state index in [0.29, 0.717) is 5.92 Å². The van der Waals surface area contributed by atoms with Crippen LogP contribution in [0.15, 0.2) is 72.0 Å². The molecular formula is C36H55N. The van der Waals surface area contributed by atoms with Crippen LogP contribution in [0.4, 0.5) is 0 Å². The van der Waals surface area contributed by atoms with Gasteiger partial charge in [-0.3, -0.25) is 0 Å². The van der Waals surface area contributed by atoms with Crippen molar-refractivity contribution in [3.63, 3.8) is 0 Å². The smallest absolute Gasteiger partial charge is 0.0358 e. The van der Waals surface area contributed by atoms with E-state index >= 15 is 0 Å². The van der Waals surface area contributed by atoms with Crippen molar-refractivity contribution in [1.29, 1.82) is 0 Å². The molecule has 1 saturated carbocycles. The molecule has 3 unspecified atom stereocenters. The Bertz CT molecular complexity index is 912. The van der Waals surface area contributed by atoms with Crippen molar-refractivity contribution >= 4 is 0 Å². The number of nitrogens with zero attached hydrogens (tertiary/aromatic N) is 1. The van der Waals surface area contributed by atoms with Crippen LogP contribution in [0.5, 0.6) is 0 Å². The highest BCUT2D eigenvalue weighted by Gasteiger charge is 2.24. The minimum Gasteiger partial charge on any atom is -0.378 e. The second-order valence-corrected chi connectivity index (χ2v) is 12.2. The number of allylic oxidation sites excluding steroid dienone is 5. The van der Waals surface area contributed by atoms with Crippen molar-refractivity contribution in [2.45, 2.75) is 110 Å². The maximum Gasteiger partial charge on any atom is 0.0358 e. The highest BCUT2D eigenvalue weighted by molar-refractivity contribution is 5.37. The van der Waals surface area contributed by atoms with Gasteiger partial charge < -0.3 is 4.90 Å². The summed E-state index contributed by atoms with van der Waals surface area (Å²) in [6, 6.07) is 9.47. The maximum atomic E-state index is 4.25. The van der Waals surface area contributed by atoms with E-state index in [9.17, 15) is 0 Å². The Labute approximate surface area is 229 Å². The van der Waals surface area contributed by atoms with Gasteiger partial charge in [-0.25, -0.2) is 0 Å². The lowest BCUT2D eigenvalue weighted by atomic mass is 9.85. The molecule has 3 atom stereocenters. The van der Waals surface area contributed by atoms with Gasteiger partial charge in [0.1, 0.15) is 0 Å². The molecule has 0 aromatic heterocycles. The highest BCUT2D eigenvalue weighted by atomic mass is 15.1. The number of hydrogen-bond donors (Lipinski definition) is 0. The molecular weight excluding hydrogens is 446 g/mol. The zero-order chi connectivity index (χ0) is 26.6. The fraction of sp³-hybridized carbons (Fsp3) is 0.611. The van der Waals surface area contributed by atoms with Crippen LogP contribution in [-0.2, 0) is 12.8 Å². The quantitative estimate of drug-likeness (QED) is 0.192. The molecule has 0 saturated heterocycles. The number of rotatable bonds is 13. The molecule has 2 aliphatic rings. The molecule has 1 nitrogen and oxygen atoms in total. The lowest BCUT2D eigenvalue weighted by molar-refractivity contribution is 0.421. The zero-order valence-electron chi connectivity index (χ0n) is 24.7. The highest BCUT2D eigenvalue weighted by Crippen LogP contribution is 2.39. The second-order valence-electron chi connectivity index (χ2n) is 12.2. The molecule has 0 heterocycles. The molecule has 1 fully saturated rings. The van der Waals surface area contributed by atoms with Gasteiger partial charge in [0.25, 0.3) is 0 Å². The van der Waals surface area contributed by atoms with E-state index in [1.165, 1.54) is 106 Å². The minimum absolute atomic E-state index is 0.501. The molecule has 0 radical (unpaired) electrons. The summed E-state index contributed by atoms with van der Waals surface area (Å²) in [6.07, 6.45) is 23.9. The van der Waals surface area contributed by atoms with Crippen molar-refractivity contribution < 1.29 is 0 Å². The monoisotopic (exact) mass is 501 g/mol. The predicted octanol–water partition coefficient (Wildman–Crippen LogP) is 10.2.